The second kappa shape index (κ2) is 13.1. The van der Waals surface area contributed by atoms with Crippen LogP contribution in [0, 0.1) is 0 Å². The van der Waals surface area contributed by atoms with Crippen LogP contribution in [-0.4, -0.2) is 38.4 Å². The minimum atomic E-state index is -0.553. The van der Waals surface area contributed by atoms with Crippen LogP contribution in [0.4, 0.5) is 0 Å². The monoisotopic (exact) mass is 524 g/mol. The number of pyridine rings is 1. The Labute approximate surface area is 208 Å². The van der Waals surface area contributed by atoms with E-state index in [1.54, 1.807) is 56.3 Å². The van der Waals surface area contributed by atoms with E-state index in [0.29, 0.717) is 22.8 Å². The van der Waals surface area contributed by atoms with E-state index in [1.807, 2.05) is 0 Å². The number of rotatable bonds is 6. The van der Waals surface area contributed by atoms with Gasteiger partial charge in [0.25, 0.3) is 11.8 Å². The molecule has 0 fully saturated rings. The van der Waals surface area contributed by atoms with Crippen molar-refractivity contribution >= 4 is 33.4 Å². The second-order valence-electron chi connectivity index (χ2n) is 6.72. The number of phenolic OH excluding ortho intramolecular Hbond substituents is 2. The molecule has 2 amide bonds. The zero-order valence-electron chi connectivity index (χ0n) is 18.1. The summed E-state index contributed by atoms with van der Waals surface area (Å²) in [5.41, 5.74) is 6.83. The van der Waals surface area contributed by atoms with Crippen LogP contribution in [0.2, 0.25) is 0 Å². The van der Waals surface area contributed by atoms with Gasteiger partial charge in [-0.2, -0.15) is 10.2 Å². The van der Waals surface area contributed by atoms with Gasteiger partial charge in [0.15, 0.2) is 0 Å². The average molecular weight is 526 g/mol. The molecule has 9 nitrogen and oxygen atoms in total. The van der Waals surface area contributed by atoms with Gasteiger partial charge in [-0.3, -0.25) is 9.59 Å². The van der Waals surface area contributed by atoms with Gasteiger partial charge in [-0.15, -0.1) is 0 Å². The van der Waals surface area contributed by atoms with Gasteiger partial charge in [0.1, 0.15) is 11.5 Å². The van der Waals surface area contributed by atoms with Gasteiger partial charge in [-0.1, -0.05) is 30.3 Å². The summed E-state index contributed by atoms with van der Waals surface area (Å²) < 4.78 is 0. The van der Waals surface area contributed by atoms with Gasteiger partial charge < -0.3 is 10.2 Å². The molecular weight excluding hydrogens is 504 g/mol. The number of hydrazone groups is 2. The topological polar surface area (TPSA) is 136 Å². The van der Waals surface area contributed by atoms with E-state index in [2.05, 4.69) is 50.8 Å². The van der Waals surface area contributed by atoms with Gasteiger partial charge in [-0.25, -0.2) is 15.8 Å². The fourth-order valence-electron chi connectivity index (χ4n) is 2.67. The molecule has 0 unspecified atom stereocenters. The Morgan fingerprint density at radius 1 is 0.735 bits per heavy atom. The number of phenols is 2. The Balaban J connectivity index is 0.00000199. The first-order chi connectivity index (χ1) is 16.4. The molecule has 0 aliphatic heterocycles. The van der Waals surface area contributed by atoms with E-state index in [1.165, 1.54) is 24.3 Å². The summed E-state index contributed by atoms with van der Waals surface area (Å²) in [5.74, 6) is -1.39. The van der Waals surface area contributed by atoms with Gasteiger partial charge in [-0.05, 0) is 50.2 Å². The first kappa shape index (κ1) is 26.5. The number of aromatic nitrogens is 1. The number of carbonyl (C=O) groups excluding carboxylic acids is 2. The minimum absolute atomic E-state index is 0.105. The quantitative estimate of drug-likeness (QED) is 0.222. The Kier molecular flexibility index (Phi) is 10.2. The second-order valence-corrected chi connectivity index (χ2v) is 6.72. The predicted octanol–water partition coefficient (Wildman–Crippen LogP) is 3.49. The fraction of sp³-hybridized carbons (Fsp3) is 0.0870. The standard InChI is InChI=1S/C23H21N5O4.ClH.Ni/c1-14(25-27-22(31)16-8-3-5-12-20(16)29)18-10-7-11-19(24-18)15(2)26-28-23(32)17-9-4-6-13-21(17)30;;/h3-13,29-30H,1-2H3,(H,27,31)(H,28,32);1H;/q;;+1/p-1. The average Bonchev–Trinajstić information content (AvgIpc) is 2.87. The van der Waals surface area contributed by atoms with E-state index in [-0.39, 0.29) is 22.6 Å². The molecule has 3 aromatic rings. The maximum atomic E-state index is 12.2. The summed E-state index contributed by atoms with van der Waals surface area (Å²) in [6, 6.07) is 17.5. The van der Waals surface area contributed by atoms with Crippen LogP contribution < -0.4 is 10.9 Å². The molecule has 4 N–H and O–H groups in total. The Morgan fingerprint density at radius 2 is 1.12 bits per heavy atom. The molecular formula is C23H21ClN5NiO4. The summed E-state index contributed by atoms with van der Waals surface area (Å²) in [7, 11) is 4.26. The molecule has 0 saturated carbocycles. The molecule has 0 bridgehead atoms. The van der Waals surface area contributed by atoms with Crippen molar-refractivity contribution in [3.8, 4) is 11.5 Å². The van der Waals surface area contributed by atoms with Crippen LogP contribution >= 0.6 is 10.2 Å². The van der Waals surface area contributed by atoms with Gasteiger partial charge in [0.2, 0.25) is 0 Å². The van der Waals surface area contributed by atoms with E-state index in [9.17, 15) is 19.8 Å². The zero-order chi connectivity index (χ0) is 25.1. The number of nitrogens with one attached hydrogen (secondary N) is 2. The summed E-state index contributed by atoms with van der Waals surface area (Å²) in [5, 5.41) is 27.6. The van der Waals surface area contributed by atoms with Crippen LogP contribution in [0.5, 0.6) is 11.5 Å². The summed E-state index contributed by atoms with van der Waals surface area (Å²) in [6.07, 6.45) is 0. The number of para-hydroxylation sites is 2. The van der Waals surface area contributed by atoms with Crippen molar-refractivity contribution < 1.29 is 34.4 Å². The van der Waals surface area contributed by atoms with Crippen LogP contribution in [0.3, 0.4) is 0 Å². The number of hydrogen-bond donors (Lipinski definition) is 4. The third kappa shape index (κ3) is 7.13. The molecule has 34 heavy (non-hydrogen) atoms. The zero-order valence-corrected chi connectivity index (χ0v) is 19.8. The van der Waals surface area contributed by atoms with Crippen molar-refractivity contribution in [2.75, 3.05) is 0 Å². The van der Waals surface area contributed by atoms with Gasteiger partial charge in [0, 0.05) is 0 Å². The van der Waals surface area contributed by atoms with Gasteiger partial charge in [0.05, 0.1) is 33.9 Å². The van der Waals surface area contributed by atoms with Crippen LogP contribution in [0.1, 0.15) is 46.0 Å². The van der Waals surface area contributed by atoms with Crippen molar-refractivity contribution in [2.24, 2.45) is 10.2 Å². The third-order valence-corrected chi connectivity index (χ3v) is 4.44. The Bertz CT molecular complexity index is 1140. The van der Waals surface area contributed by atoms with E-state index < -0.39 is 11.8 Å². The summed E-state index contributed by atoms with van der Waals surface area (Å²) in [6.45, 7) is 3.34. The molecule has 0 aliphatic carbocycles. The molecule has 0 atom stereocenters. The first-order valence-electron chi connectivity index (χ1n) is 9.72. The summed E-state index contributed by atoms with van der Waals surface area (Å²) >= 11 is 3.35. The first-order valence-corrected chi connectivity index (χ1v) is 11.1. The molecule has 0 saturated heterocycles. The molecule has 3 rings (SSSR count). The van der Waals surface area contributed by atoms with Crippen LogP contribution in [0.15, 0.2) is 76.9 Å². The van der Waals surface area contributed by atoms with Crippen molar-refractivity contribution in [3.63, 3.8) is 0 Å². The molecule has 0 radical (unpaired) electrons. The number of aromatic hydroxyl groups is 2. The predicted molar refractivity (Wildman–Crippen MR) is 126 cm³/mol. The van der Waals surface area contributed by atoms with E-state index in [0.717, 1.165) is 0 Å². The van der Waals surface area contributed by atoms with Crippen molar-refractivity contribution in [1.29, 1.82) is 0 Å². The SMILES string of the molecule is CC(=NNC(=O)c1ccccc1O)c1cccc(C(C)=NNC(=O)c2ccccc2O)n1.[Cl][Ni]. The number of amides is 2. The molecule has 2 aromatic carbocycles. The maximum absolute atomic E-state index is 12.2. The molecule has 179 valence electrons. The number of hydrogen-bond acceptors (Lipinski definition) is 7. The van der Waals surface area contributed by atoms with E-state index >= 15 is 0 Å². The number of nitrogens with zero attached hydrogens (tertiary/aromatic N) is 3. The van der Waals surface area contributed by atoms with Gasteiger partial charge >= 0.3 is 24.8 Å². The van der Waals surface area contributed by atoms with Crippen molar-refractivity contribution in [2.45, 2.75) is 13.8 Å². The summed E-state index contributed by atoms with van der Waals surface area (Å²) in [4.78, 5) is 28.8. The molecule has 11 heteroatoms. The Morgan fingerprint density at radius 3 is 1.50 bits per heavy atom. The van der Waals surface area contributed by atoms with Crippen molar-refractivity contribution in [1.82, 2.24) is 15.8 Å². The normalized spacial score (nSPS) is 11.2. The van der Waals surface area contributed by atoms with Crippen LogP contribution in [-0.2, 0) is 14.6 Å². The molecule has 1 heterocycles. The molecule has 0 aliphatic rings. The molecule has 1 aromatic heterocycles. The van der Waals surface area contributed by atoms with Crippen molar-refractivity contribution in [3.05, 3.63) is 89.2 Å². The third-order valence-electron chi connectivity index (χ3n) is 4.44. The number of halogens is 1. The van der Waals surface area contributed by atoms with E-state index in [4.69, 9.17) is 0 Å². The number of benzene rings is 2. The number of carbonyl (C=O) groups is 2. The Hall–Kier alpha value is -3.75. The molecule has 0 spiro atoms. The van der Waals surface area contributed by atoms with Crippen LogP contribution in [0.25, 0.3) is 0 Å². The fourth-order valence-corrected chi connectivity index (χ4v) is 2.67.